The zero-order chi connectivity index (χ0) is 17.0. The van der Waals surface area contributed by atoms with Gasteiger partial charge in [-0.3, -0.25) is 0 Å². The Kier molecular flexibility index (Phi) is 5.08. The minimum absolute atomic E-state index is 0.219. The maximum absolute atomic E-state index is 12.7. The fourth-order valence-electron chi connectivity index (χ4n) is 2.22. The van der Waals surface area contributed by atoms with Crippen LogP contribution in [0.3, 0.4) is 0 Å². The Morgan fingerprint density at radius 2 is 2.04 bits per heavy atom. The van der Waals surface area contributed by atoms with Gasteiger partial charge in [0.1, 0.15) is 11.3 Å². The molecular formula is C16H16F3NO3. The number of esters is 1. The van der Waals surface area contributed by atoms with Crippen LogP contribution >= 0.6 is 0 Å². The Balaban J connectivity index is 2.15. The maximum Gasteiger partial charge on any atom is 0.416 e. The van der Waals surface area contributed by atoms with Gasteiger partial charge >= 0.3 is 12.1 Å². The number of hydrogen-bond acceptors (Lipinski definition) is 4. The summed E-state index contributed by atoms with van der Waals surface area (Å²) in [5.41, 5.74) is 0.449. The Morgan fingerprint density at radius 1 is 1.30 bits per heavy atom. The Labute approximate surface area is 131 Å². The summed E-state index contributed by atoms with van der Waals surface area (Å²) in [6.07, 6.45) is -3.79. The molecule has 0 bridgehead atoms. The first-order valence-electron chi connectivity index (χ1n) is 7.11. The number of halogens is 3. The molecule has 0 radical (unpaired) electrons. The number of hydrogen-bond donors (Lipinski definition) is 0. The average Bonchev–Trinajstić information content (AvgIpc) is 2.86. The fourth-order valence-corrected chi connectivity index (χ4v) is 2.22. The highest BCUT2D eigenvalue weighted by molar-refractivity contribution is 5.91. The second-order valence-electron chi connectivity index (χ2n) is 4.98. The van der Waals surface area contributed by atoms with E-state index in [2.05, 4.69) is 5.16 Å². The average molecular weight is 327 g/mol. The van der Waals surface area contributed by atoms with Gasteiger partial charge in [0, 0.05) is 0 Å². The fraction of sp³-hybridized carbons (Fsp3) is 0.375. The standard InChI is InChI=1S/C16H16F3NO3/c1-3-22-15(21)14-10(2)23-20-13(14)8-7-11-5-4-6-12(9-11)16(17,18)19/h4-6,9H,3,7-8H2,1-2H3. The highest BCUT2D eigenvalue weighted by Gasteiger charge is 2.30. The van der Waals surface area contributed by atoms with Gasteiger partial charge in [0.15, 0.2) is 0 Å². The summed E-state index contributed by atoms with van der Waals surface area (Å²) in [5.74, 6) is -0.201. The van der Waals surface area contributed by atoms with Gasteiger partial charge in [-0.15, -0.1) is 0 Å². The molecule has 2 aromatic rings. The van der Waals surface area contributed by atoms with E-state index < -0.39 is 17.7 Å². The second-order valence-corrected chi connectivity index (χ2v) is 4.98. The summed E-state index contributed by atoms with van der Waals surface area (Å²) in [6, 6.07) is 5.08. The van der Waals surface area contributed by atoms with Crippen LogP contribution in [-0.2, 0) is 23.8 Å². The third-order valence-electron chi connectivity index (χ3n) is 3.32. The lowest BCUT2D eigenvalue weighted by Gasteiger charge is -2.08. The van der Waals surface area contributed by atoms with E-state index in [4.69, 9.17) is 9.26 Å². The molecule has 0 spiro atoms. The van der Waals surface area contributed by atoms with Crippen molar-refractivity contribution in [2.45, 2.75) is 32.9 Å². The lowest BCUT2D eigenvalue weighted by atomic mass is 10.0. The van der Waals surface area contributed by atoms with Crippen molar-refractivity contribution in [1.82, 2.24) is 5.16 Å². The first-order valence-corrected chi connectivity index (χ1v) is 7.11. The van der Waals surface area contributed by atoms with Crippen molar-refractivity contribution in [3.8, 4) is 0 Å². The van der Waals surface area contributed by atoms with Gasteiger partial charge < -0.3 is 9.26 Å². The number of aryl methyl sites for hydroxylation is 3. The Hall–Kier alpha value is -2.31. The molecule has 0 aliphatic carbocycles. The van der Waals surface area contributed by atoms with E-state index in [0.717, 1.165) is 12.1 Å². The molecule has 0 saturated heterocycles. The van der Waals surface area contributed by atoms with E-state index in [1.54, 1.807) is 19.9 Å². The molecule has 0 saturated carbocycles. The van der Waals surface area contributed by atoms with Crippen molar-refractivity contribution in [3.63, 3.8) is 0 Å². The predicted octanol–water partition coefficient (Wildman–Crippen LogP) is 3.96. The van der Waals surface area contributed by atoms with Crippen LogP contribution in [0.1, 0.15) is 39.9 Å². The summed E-state index contributed by atoms with van der Waals surface area (Å²) >= 11 is 0. The van der Waals surface area contributed by atoms with E-state index in [9.17, 15) is 18.0 Å². The van der Waals surface area contributed by atoms with Crippen molar-refractivity contribution < 1.29 is 27.2 Å². The zero-order valence-electron chi connectivity index (χ0n) is 12.7. The molecule has 4 nitrogen and oxygen atoms in total. The Morgan fingerprint density at radius 3 is 2.70 bits per heavy atom. The molecule has 0 N–H and O–H groups in total. The third kappa shape index (κ3) is 4.12. The second kappa shape index (κ2) is 6.85. The zero-order valence-corrected chi connectivity index (χ0v) is 12.7. The molecule has 0 aliphatic heterocycles. The monoisotopic (exact) mass is 327 g/mol. The molecule has 2 rings (SSSR count). The van der Waals surface area contributed by atoms with Crippen LogP contribution < -0.4 is 0 Å². The van der Waals surface area contributed by atoms with Crippen LogP contribution in [0.25, 0.3) is 0 Å². The van der Waals surface area contributed by atoms with Gasteiger partial charge in [-0.2, -0.15) is 13.2 Å². The smallest absolute Gasteiger partial charge is 0.416 e. The SMILES string of the molecule is CCOC(=O)c1c(CCc2cccc(C(F)(F)F)c2)noc1C. The van der Waals surface area contributed by atoms with Crippen LogP contribution in [0.2, 0.25) is 0 Å². The van der Waals surface area contributed by atoms with Gasteiger partial charge in [0.2, 0.25) is 0 Å². The molecule has 0 atom stereocenters. The van der Waals surface area contributed by atoms with E-state index in [1.165, 1.54) is 6.07 Å². The van der Waals surface area contributed by atoms with Gasteiger partial charge in [-0.1, -0.05) is 23.4 Å². The lowest BCUT2D eigenvalue weighted by molar-refractivity contribution is -0.137. The Bertz CT molecular complexity index is 692. The molecule has 0 unspecified atom stereocenters. The molecule has 0 aliphatic rings. The number of carbonyl (C=O) groups is 1. The lowest BCUT2D eigenvalue weighted by Crippen LogP contribution is -2.09. The number of aromatic nitrogens is 1. The number of carbonyl (C=O) groups excluding carboxylic acids is 1. The number of ether oxygens (including phenoxy) is 1. The molecule has 0 amide bonds. The maximum atomic E-state index is 12.7. The van der Waals surface area contributed by atoms with Gasteiger partial charge in [0.25, 0.3) is 0 Å². The van der Waals surface area contributed by atoms with Gasteiger partial charge in [-0.25, -0.2) is 4.79 Å². The van der Waals surface area contributed by atoms with Crippen LogP contribution in [0.5, 0.6) is 0 Å². The van der Waals surface area contributed by atoms with Crippen molar-refractivity contribution in [2.24, 2.45) is 0 Å². The van der Waals surface area contributed by atoms with Crippen molar-refractivity contribution in [1.29, 1.82) is 0 Å². The van der Waals surface area contributed by atoms with Crippen LogP contribution in [0.4, 0.5) is 13.2 Å². The van der Waals surface area contributed by atoms with Crippen molar-refractivity contribution in [2.75, 3.05) is 6.61 Å². The quantitative estimate of drug-likeness (QED) is 0.780. The first kappa shape index (κ1) is 17.1. The molecule has 1 aromatic heterocycles. The minimum Gasteiger partial charge on any atom is -0.462 e. The van der Waals surface area contributed by atoms with Gasteiger partial charge in [0.05, 0.1) is 17.9 Å². The van der Waals surface area contributed by atoms with Crippen LogP contribution in [-0.4, -0.2) is 17.7 Å². The molecule has 23 heavy (non-hydrogen) atoms. The normalized spacial score (nSPS) is 11.5. The van der Waals surface area contributed by atoms with E-state index in [1.807, 2.05) is 0 Å². The molecular weight excluding hydrogens is 311 g/mol. The molecule has 7 heteroatoms. The van der Waals surface area contributed by atoms with Crippen LogP contribution in [0, 0.1) is 6.92 Å². The highest BCUT2D eigenvalue weighted by atomic mass is 19.4. The van der Waals surface area contributed by atoms with E-state index in [0.29, 0.717) is 23.4 Å². The molecule has 0 fully saturated rings. The predicted molar refractivity (Wildman–Crippen MR) is 76.0 cm³/mol. The first-order chi connectivity index (χ1) is 10.8. The number of alkyl halides is 3. The summed E-state index contributed by atoms with van der Waals surface area (Å²) < 4.78 is 48.0. The van der Waals surface area contributed by atoms with E-state index in [-0.39, 0.29) is 18.6 Å². The summed E-state index contributed by atoms with van der Waals surface area (Å²) in [5, 5.41) is 3.81. The largest absolute Gasteiger partial charge is 0.462 e. The number of nitrogens with zero attached hydrogens (tertiary/aromatic N) is 1. The minimum atomic E-state index is -4.38. The highest BCUT2D eigenvalue weighted by Crippen LogP contribution is 2.29. The molecule has 1 heterocycles. The van der Waals surface area contributed by atoms with Crippen molar-refractivity contribution >= 4 is 5.97 Å². The van der Waals surface area contributed by atoms with Crippen molar-refractivity contribution in [3.05, 3.63) is 52.4 Å². The van der Waals surface area contributed by atoms with Crippen LogP contribution in [0.15, 0.2) is 28.8 Å². The number of benzene rings is 1. The topological polar surface area (TPSA) is 52.3 Å². The number of rotatable bonds is 5. The molecule has 124 valence electrons. The summed E-state index contributed by atoms with van der Waals surface area (Å²) in [7, 11) is 0. The third-order valence-corrected chi connectivity index (χ3v) is 3.32. The molecule has 1 aromatic carbocycles. The van der Waals surface area contributed by atoms with Gasteiger partial charge in [-0.05, 0) is 38.3 Å². The summed E-state index contributed by atoms with van der Waals surface area (Å²) in [6.45, 7) is 3.49. The summed E-state index contributed by atoms with van der Waals surface area (Å²) in [4.78, 5) is 11.9. The van der Waals surface area contributed by atoms with E-state index >= 15 is 0 Å².